The number of hydrogen-bond donors (Lipinski definition) is 0. The van der Waals surface area contributed by atoms with E-state index in [-0.39, 0.29) is 0 Å². The Morgan fingerprint density at radius 3 is 2.92 bits per heavy atom. The van der Waals surface area contributed by atoms with Gasteiger partial charge in [-0.1, -0.05) is 12.2 Å². The molecule has 2 fully saturated rings. The van der Waals surface area contributed by atoms with Gasteiger partial charge in [0.15, 0.2) is 0 Å². The van der Waals surface area contributed by atoms with Crippen molar-refractivity contribution in [1.82, 2.24) is 0 Å². The Balaban J connectivity index is 1.97. The number of hydrogen-bond acceptors (Lipinski definition) is 1. The molecule has 3 aliphatic rings. The Labute approximate surface area is 72.8 Å². The summed E-state index contributed by atoms with van der Waals surface area (Å²) in [6.07, 6.45) is 9.23. The molecular formula is C11H14O. The second kappa shape index (κ2) is 2.21. The third-order valence-electron chi connectivity index (χ3n) is 3.95. The van der Waals surface area contributed by atoms with E-state index in [0.29, 0.717) is 17.6 Å². The number of allylic oxidation sites excluding steroid dienone is 2. The van der Waals surface area contributed by atoms with Gasteiger partial charge < -0.3 is 0 Å². The fraction of sp³-hybridized carbons (Fsp3) is 0.727. The summed E-state index contributed by atoms with van der Waals surface area (Å²) in [4.78, 5) is 11.6. The van der Waals surface area contributed by atoms with Crippen molar-refractivity contribution in [2.45, 2.75) is 25.7 Å². The van der Waals surface area contributed by atoms with Crippen LogP contribution < -0.4 is 0 Å². The van der Waals surface area contributed by atoms with Crippen LogP contribution in [0.5, 0.6) is 0 Å². The molecule has 0 spiro atoms. The van der Waals surface area contributed by atoms with Gasteiger partial charge >= 0.3 is 0 Å². The van der Waals surface area contributed by atoms with Gasteiger partial charge in [-0.3, -0.25) is 4.79 Å². The molecule has 1 nitrogen and oxygen atoms in total. The second-order valence-electron chi connectivity index (χ2n) is 4.50. The number of fused-ring (bicyclic) bond motifs is 5. The Hall–Kier alpha value is -0.590. The van der Waals surface area contributed by atoms with Crippen LogP contribution in [-0.4, -0.2) is 5.78 Å². The quantitative estimate of drug-likeness (QED) is 0.499. The third kappa shape index (κ3) is 0.720. The molecule has 0 saturated heterocycles. The monoisotopic (exact) mass is 162 g/mol. The summed E-state index contributed by atoms with van der Waals surface area (Å²) in [6.45, 7) is 0. The van der Waals surface area contributed by atoms with Crippen LogP contribution in [0.2, 0.25) is 0 Å². The summed E-state index contributed by atoms with van der Waals surface area (Å²) in [5, 5.41) is 0. The van der Waals surface area contributed by atoms with Crippen LogP contribution in [0.15, 0.2) is 12.2 Å². The second-order valence-corrected chi connectivity index (χ2v) is 4.50. The lowest BCUT2D eigenvalue weighted by Crippen LogP contribution is -2.31. The van der Waals surface area contributed by atoms with Crippen LogP contribution in [0.1, 0.15) is 25.7 Å². The molecule has 12 heavy (non-hydrogen) atoms. The Morgan fingerprint density at radius 1 is 1.25 bits per heavy atom. The first-order chi connectivity index (χ1) is 5.86. The van der Waals surface area contributed by atoms with E-state index in [1.165, 1.54) is 12.8 Å². The van der Waals surface area contributed by atoms with Crippen molar-refractivity contribution in [2.24, 2.45) is 23.7 Å². The van der Waals surface area contributed by atoms with E-state index in [2.05, 4.69) is 12.2 Å². The van der Waals surface area contributed by atoms with Gasteiger partial charge in [0.2, 0.25) is 0 Å². The predicted octanol–water partition coefficient (Wildman–Crippen LogP) is 2.18. The largest absolute Gasteiger partial charge is 0.299 e. The molecule has 3 aliphatic carbocycles. The minimum atomic E-state index is 0.439. The van der Waals surface area contributed by atoms with E-state index >= 15 is 0 Å². The van der Waals surface area contributed by atoms with Crippen molar-refractivity contribution in [3.05, 3.63) is 12.2 Å². The normalized spacial score (nSPS) is 49.8. The van der Waals surface area contributed by atoms with Gasteiger partial charge in [0, 0.05) is 12.3 Å². The first-order valence-electron chi connectivity index (χ1n) is 5.07. The highest BCUT2D eigenvalue weighted by Gasteiger charge is 2.48. The topological polar surface area (TPSA) is 17.1 Å². The maximum absolute atomic E-state index is 11.6. The SMILES string of the molecule is O=C1CCC[C@@H]2[C@H]1[C@@H]1C=C[C@H]2C1. The number of rotatable bonds is 0. The zero-order chi connectivity index (χ0) is 8.13. The van der Waals surface area contributed by atoms with Crippen molar-refractivity contribution < 1.29 is 4.79 Å². The highest BCUT2D eigenvalue weighted by molar-refractivity contribution is 5.83. The maximum atomic E-state index is 11.6. The first kappa shape index (κ1) is 6.88. The van der Waals surface area contributed by atoms with Crippen LogP contribution in [0.4, 0.5) is 0 Å². The van der Waals surface area contributed by atoms with Gasteiger partial charge in [-0.25, -0.2) is 0 Å². The highest BCUT2D eigenvalue weighted by atomic mass is 16.1. The molecule has 3 rings (SSSR count). The minimum absolute atomic E-state index is 0.439. The fourth-order valence-electron chi connectivity index (χ4n) is 3.47. The number of carbonyl (C=O) groups is 1. The molecule has 0 aromatic heterocycles. The van der Waals surface area contributed by atoms with E-state index in [9.17, 15) is 4.79 Å². The summed E-state index contributed by atoms with van der Waals surface area (Å²) >= 11 is 0. The molecule has 2 bridgehead atoms. The van der Waals surface area contributed by atoms with E-state index in [0.717, 1.165) is 24.7 Å². The zero-order valence-electron chi connectivity index (χ0n) is 7.20. The Morgan fingerprint density at radius 2 is 2.08 bits per heavy atom. The van der Waals surface area contributed by atoms with Gasteiger partial charge in [-0.2, -0.15) is 0 Å². The molecule has 64 valence electrons. The maximum Gasteiger partial charge on any atom is 0.136 e. The van der Waals surface area contributed by atoms with Gasteiger partial charge in [0.25, 0.3) is 0 Å². The lowest BCUT2D eigenvalue weighted by Gasteiger charge is -2.30. The number of Topliss-reactive ketones (excluding diaryl/α,β-unsaturated/α-hetero) is 1. The molecular weight excluding hydrogens is 148 g/mol. The smallest absolute Gasteiger partial charge is 0.136 e. The first-order valence-corrected chi connectivity index (χ1v) is 5.07. The molecule has 0 N–H and O–H groups in total. The van der Waals surface area contributed by atoms with E-state index in [1.807, 2.05) is 0 Å². The van der Waals surface area contributed by atoms with Crippen molar-refractivity contribution >= 4 is 5.78 Å². The molecule has 0 unspecified atom stereocenters. The van der Waals surface area contributed by atoms with Crippen LogP contribution in [0.3, 0.4) is 0 Å². The molecule has 0 aromatic carbocycles. The molecule has 0 amide bonds. The van der Waals surface area contributed by atoms with Crippen molar-refractivity contribution in [3.63, 3.8) is 0 Å². The predicted molar refractivity (Wildman–Crippen MR) is 46.6 cm³/mol. The summed E-state index contributed by atoms with van der Waals surface area (Å²) in [6, 6.07) is 0. The molecule has 2 saturated carbocycles. The standard InChI is InChI=1S/C11H14O/c12-10-3-1-2-9-7-4-5-8(6-7)11(9)10/h4-5,7-9,11H,1-3,6H2/t7-,8+,9-,11+/m0/s1. The molecule has 0 heterocycles. The Kier molecular flexibility index (Phi) is 1.27. The highest BCUT2D eigenvalue weighted by Crippen LogP contribution is 2.52. The van der Waals surface area contributed by atoms with E-state index in [4.69, 9.17) is 0 Å². The minimum Gasteiger partial charge on any atom is -0.299 e. The van der Waals surface area contributed by atoms with Gasteiger partial charge in [0.1, 0.15) is 5.78 Å². The number of carbonyl (C=O) groups excluding carboxylic acids is 1. The van der Waals surface area contributed by atoms with Crippen LogP contribution in [0.25, 0.3) is 0 Å². The third-order valence-corrected chi connectivity index (χ3v) is 3.95. The summed E-state index contributed by atoms with van der Waals surface area (Å²) in [5.74, 6) is 3.13. The van der Waals surface area contributed by atoms with Gasteiger partial charge in [-0.15, -0.1) is 0 Å². The average molecular weight is 162 g/mol. The lowest BCUT2D eigenvalue weighted by molar-refractivity contribution is -0.127. The van der Waals surface area contributed by atoms with Gasteiger partial charge in [0.05, 0.1) is 0 Å². The van der Waals surface area contributed by atoms with Crippen molar-refractivity contribution in [2.75, 3.05) is 0 Å². The van der Waals surface area contributed by atoms with Crippen molar-refractivity contribution in [3.8, 4) is 0 Å². The van der Waals surface area contributed by atoms with Crippen LogP contribution in [-0.2, 0) is 4.79 Å². The summed E-state index contributed by atoms with van der Waals surface area (Å²) in [7, 11) is 0. The van der Waals surface area contributed by atoms with Crippen LogP contribution in [0, 0.1) is 23.7 Å². The fourth-order valence-corrected chi connectivity index (χ4v) is 3.47. The van der Waals surface area contributed by atoms with Crippen LogP contribution >= 0.6 is 0 Å². The molecule has 0 aliphatic heterocycles. The molecule has 0 radical (unpaired) electrons. The molecule has 4 atom stereocenters. The van der Waals surface area contributed by atoms with Crippen molar-refractivity contribution in [1.29, 1.82) is 0 Å². The zero-order valence-corrected chi connectivity index (χ0v) is 7.20. The van der Waals surface area contributed by atoms with Gasteiger partial charge in [-0.05, 0) is 37.0 Å². The molecule has 0 aromatic rings. The van der Waals surface area contributed by atoms with E-state index in [1.54, 1.807) is 0 Å². The molecule has 1 heteroatoms. The summed E-state index contributed by atoms with van der Waals surface area (Å²) < 4.78 is 0. The summed E-state index contributed by atoms with van der Waals surface area (Å²) in [5.41, 5.74) is 0. The average Bonchev–Trinajstić information content (AvgIpc) is 2.64. The van der Waals surface area contributed by atoms with E-state index < -0.39 is 0 Å². The Bertz CT molecular complexity index is 254. The lowest BCUT2D eigenvalue weighted by atomic mass is 9.73. The number of ketones is 1.